The number of nitrogens with zero attached hydrogens (tertiary/aromatic N) is 5. The van der Waals surface area contributed by atoms with E-state index in [0.717, 1.165) is 66.6 Å². The molecule has 0 saturated carbocycles. The third-order valence-corrected chi connectivity index (χ3v) is 7.64. The van der Waals surface area contributed by atoms with Gasteiger partial charge in [0.25, 0.3) is 0 Å². The summed E-state index contributed by atoms with van der Waals surface area (Å²) in [5, 5.41) is 9.57. The first-order valence-corrected chi connectivity index (χ1v) is 13.0. The van der Waals surface area contributed by atoms with Crippen molar-refractivity contribution in [2.75, 3.05) is 31.1 Å². The van der Waals surface area contributed by atoms with Crippen molar-refractivity contribution in [3.8, 4) is 28.3 Å². The van der Waals surface area contributed by atoms with E-state index in [-0.39, 0.29) is 18.3 Å². The molecule has 190 valence electrons. The van der Waals surface area contributed by atoms with E-state index in [9.17, 15) is 9.50 Å². The van der Waals surface area contributed by atoms with Gasteiger partial charge < -0.3 is 14.6 Å². The fourth-order valence-electron chi connectivity index (χ4n) is 5.51. The molecule has 1 saturated heterocycles. The van der Waals surface area contributed by atoms with Gasteiger partial charge in [0.05, 0.1) is 18.0 Å². The molecule has 6 rings (SSSR count). The molecule has 1 N–H and O–H groups in total. The summed E-state index contributed by atoms with van der Waals surface area (Å²) < 4.78 is 17.9. The highest BCUT2D eigenvalue weighted by Gasteiger charge is 2.25. The zero-order chi connectivity index (χ0) is 25.5. The lowest BCUT2D eigenvalue weighted by Gasteiger charge is -2.21. The normalized spacial score (nSPS) is 17.1. The van der Waals surface area contributed by atoms with Gasteiger partial charge in [-0.05, 0) is 65.8 Å². The van der Waals surface area contributed by atoms with Crippen LogP contribution in [0.4, 0.5) is 10.1 Å². The highest BCUT2D eigenvalue weighted by Crippen LogP contribution is 2.36. The average molecular weight is 498 g/mol. The fourth-order valence-corrected chi connectivity index (χ4v) is 5.51. The number of aliphatic imine (C=N–C) groups is 1. The maximum atomic E-state index is 13.5. The van der Waals surface area contributed by atoms with Gasteiger partial charge in [-0.25, -0.2) is 9.37 Å². The van der Waals surface area contributed by atoms with Crippen LogP contribution in [-0.4, -0.2) is 51.2 Å². The number of halogens is 1. The zero-order valence-corrected chi connectivity index (χ0v) is 21.3. The molecule has 1 fully saturated rings. The number of hydrogen-bond donors (Lipinski definition) is 1. The molecule has 2 aliphatic rings. The number of imidazole rings is 1. The van der Waals surface area contributed by atoms with Crippen LogP contribution in [0.5, 0.6) is 0 Å². The molecule has 0 bridgehead atoms. The molecule has 2 aromatic heterocycles. The molecular formula is C30H32FN5O. The van der Waals surface area contributed by atoms with Gasteiger partial charge in [-0.2, -0.15) is 0 Å². The second kappa shape index (κ2) is 9.63. The number of aliphatic hydroxyl groups excluding tert-OH is 1. The minimum atomic E-state index is -0.230. The summed E-state index contributed by atoms with van der Waals surface area (Å²) in [7, 11) is 0. The first-order chi connectivity index (χ1) is 18.0. The summed E-state index contributed by atoms with van der Waals surface area (Å²) >= 11 is 0. The molecule has 0 unspecified atom stereocenters. The van der Waals surface area contributed by atoms with Gasteiger partial charge in [-0.15, -0.1) is 0 Å². The predicted molar refractivity (Wildman–Crippen MR) is 146 cm³/mol. The minimum absolute atomic E-state index is 0.0411. The first kappa shape index (κ1) is 23.7. The van der Waals surface area contributed by atoms with E-state index in [1.807, 2.05) is 24.5 Å². The summed E-state index contributed by atoms with van der Waals surface area (Å²) in [6, 6.07) is 15.5. The standard InChI is InChI=1S/C30H32FN5O/c1-20(2)27(19-37)33-15-21-9-11-34(16-21)26-7-8-28-24(13-26)18-35-17-23(22-3-5-25(31)6-4-22)14-29(35)30-32-10-12-36(28)30/h3-8,10,12-14,17,20-21,37H,9,11,15-16,18-19H2,1-2H3/b33-27+/t21-/m1/s1. The SMILES string of the molecule is CC(C)/C(CO)=N/C[C@H]1CCN(c2ccc3c(c2)Cn2cc(-c4ccc(F)cc4)cc2-c2nccn2-3)C1. The molecule has 0 aliphatic carbocycles. The molecule has 0 amide bonds. The van der Waals surface area contributed by atoms with Gasteiger partial charge in [0, 0.05) is 61.7 Å². The van der Waals surface area contributed by atoms with Crippen molar-refractivity contribution in [3.63, 3.8) is 0 Å². The van der Waals surface area contributed by atoms with E-state index in [0.29, 0.717) is 5.92 Å². The van der Waals surface area contributed by atoms with Crippen LogP contribution in [0.2, 0.25) is 0 Å². The first-order valence-electron chi connectivity index (χ1n) is 13.0. The molecule has 0 spiro atoms. The molecule has 1 atom stereocenters. The van der Waals surface area contributed by atoms with Gasteiger partial charge in [0.15, 0.2) is 5.82 Å². The number of benzene rings is 2. The van der Waals surface area contributed by atoms with Gasteiger partial charge in [-0.3, -0.25) is 9.56 Å². The third kappa shape index (κ3) is 4.48. The molecular weight excluding hydrogens is 465 g/mol. The van der Waals surface area contributed by atoms with Crippen molar-refractivity contribution in [2.45, 2.75) is 26.8 Å². The van der Waals surface area contributed by atoms with Crippen molar-refractivity contribution >= 4 is 11.4 Å². The number of anilines is 1. The molecule has 37 heavy (non-hydrogen) atoms. The third-order valence-electron chi connectivity index (χ3n) is 7.64. The van der Waals surface area contributed by atoms with Crippen LogP contribution in [0, 0.1) is 17.7 Å². The number of aromatic nitrogens is 3. The lowest BCUT2D eigenvalue weighted by Crippen LogP contribution is -2.21. The molecule has 4 aromatic rings. The van der Waals surface area contributed by atoms with Crippen LogP contribution in [0.1, 0.15) is 25.8 Å². The second-order valence-electron chi connectivity index (χ2n) is 10.4. The maximum absolute atomic E-state index is 13.5. The van der Waals surface area contributed by atoms with Crippen molar-refractivity contribution in [1.29, 1.82) is 0 Å². The number of hydrogen-bond acceptors (Lipinski definition) is 4. The van der Waals surface area contributed by atoms with E-state index >= 15 is 0 Å². The van der Waals surface area contributed by atoms with Gasteiger partial charge in [0.2, 0.25) is 0 Å². The molecule has 2 aliphatic heterocycles. The lowest BCUT2D eigenvalue weighted by atomic mass is 10.1. The number of aliphatic hydroxyl groups is 1. The van der Waals surface area contributed by atoms with Crippen LogP contribution in [0.25, 0.3) is 28.3 Å². The Morgan fingerprint density at radius 3 is 2.76 bits per heavy atom. The molecule has 6 nitrogen and oxygen atoms in total. The lowest BCUT2D eigenvalue weighted by molar-refractivity contribution is 0.350. The quantitative estimate of drug-likeness (QED) is 0.319. The Morgan fingerprint density at radius 2 is 1.97 bits per heavy atom. The molecule has 0 radical (unpaired) electrons. The van der Waals surface area contributed by atoms with E-state index in [2.05, 4.69) is 63.3 Å². The Bertz CT molecular complexity index is 1450. The maximum Gasteiger partial charge on any atom is 0.161 e. The Kier molecular flexibility index (Phi) is 6.16. The highest BCUT2D eigenvalue weighted by atomic mass is 19.1. The van der Waals surface area contributed by atoms with Crippen molar-refractivity contribution in [2.24, 2.45) is 16.8 Å². The topological polar surface area (TPSA) is 58.6 Å². The summed E-state index contributed by atoms with van der Waals surface area (Å²) in [6.45, 7) is 7.69. The van der Waals surface area contributed by atoms with E-state index in [4.69, 9.17) is 4.99 Å². The average Bonchev–Trinajstić information content (AvgIpc) is 3.63. The smallest absolute Gasteiger partial charge is 0.161 e. The molecule has 4 heterocycles. The van der Waals surface area contributed by atoms with E-state index in [1.165, 1.54) is 23.4 Å². The van der Waals surface area contributed by atoms with Gasteiger partial charge in [-0.1, -0.05) is 26.0 Å². The van der Waals surface area contributed by atoms with Crippen molar-refractivity contribution in [3.05, 3.63) is 78.5 Å². The summed E-state index contributed by atoms with van der Waals surface area (Å²) in [6.07, 6.45) is 7.11. The molecule has 2 aromatic carbocycles. The summed E-state index contributed by atoms with van der Waals surface area (Å²) in [5.41, 5.74) is 7.59. The van der Waals surface area contributed by atoms with Crippen molar-refractivity contribution in [1.82, 2.24) is 14.1 Å². The predicted octanol–water partition coefficient (Wildman–Crippen LogP) is 5.42. The number of fused-ring (bicyclic) bond motifs is 5. The largest absolute Gasteiger partial charge is 0.390 e. The monoisotopic (exact) mass is 497 g/mol. The van der Waals surface area contributed by atoms with Crippen LogP contribution in [0.3, 0.4) is 0 Å². The second-order valence-corrected chi connectivity index (χ2v) is 10.4. The van der Waals surface area contributed by atoms with Crippen molar-refractivity contribution < 1.29 is 9.50 Å². The Hall–Kier alpha value is -3.71. The van der Waals surface area contributed by atoms with Gasteiger partial charge >= 0.3 is 0 Å². The fraction of sp³-hybridized carbons (Fsp3) is 0.333. The summed E-state index contributed by atoms with van der Waals surface area (Å²) in [5.74, 6) is 1.45. The zero-order valence-electron chi connectivity index (χ0n) is 21.3. The van der Waals surface area contributed by atoms with E-state index in [1.54, 1.807) is 0 Å². The Balaban J connectivity index is 1.28. The minimum Gasteiger partial charge on any atom is -0.390 e. The summed E-state index contributed by atoms with van der Waals surface area (Å²) in [4.78, 5) is 11.9. The van der Waals surface area contributed by atoms with Crippen LogP contribution < -0.4 is 4.90 Å². The number of rotatable bonds is 6. The van der Waals surface area contributed by atoms with Crippen LogP contribution >= 0.6 is 0 Å². The Morgan fingerprint density at radius 1 is 1.14 bits per heavy atom. The van der Waals surface area contributed by atoms with Crippen LogP contribution in [-0.2, 0) is 6.54 Å². The highest BCUT2D eigenvalue weighted by molar-refractivity contribution is 5.87. The Labute approximate surface area is 216 Å². The van der Waals surface area contributed by atoms with E-state index < -0.39 is 0 Å². The van der Waals surface area contributed by atoms with Crippen LogP contribution in [0.15, 0.2) is 72.1 Å². The molecule has 7 heteroatoms. The van der Waals surface area contributed by atoms with Gasteiger partial charge in [0.1, 0.15) is 5.82 Å².